The maximum atomic E-state index is 12.6. The lowest BCUT2D eigenvalue weighted by molar-refractivity contribution is -0.143. The summed E-state index contributed by atoms with van der Waals surface area (Å²) >= 11 is 0. The Balaban J connectivity index is 3.37. The van der Waals surface area contributed by atoms with Crippen molar-refractivity contribution >= 4 is 11.9 Å². The van der Waals surface area contributed by atoms with Gasteiger partial charge >= 0.3 is 5.97 Å². The van der Waals surface area contributed by atoms with Crippen LogP contribution in [0.1, 0.15) is 431 Å². The van der Waals surface area contributed by atoms with E-state index >= 15 is 0 Å². The lowest BCUT2D eigenvalue weighted by atomic mass is 10.0. The molecule has 0 heterocycles. The summed E-state index contributed by atoms with van der Waals surface area (Å²) in [4.78, 5) is 24.6. The zero-order valence-electron chi connectivity index (χ0n) is 56.5. The minimum Gasteiger partial charge on any atom is -0.466 e. The van der Waals surface area contributed by atoms with E-state index in [2.05, 4.69) is 31.3 Å². The van der Waals surface area contributed by atoms with Crippen LogP contribution in [0, 0.1) is 0 Å². The van der Waals surface area contributed by atoms with Gasteiger partial charge in [0.2, 0.25) is 5.91 Å². The van der Waals surface area contributed by atoms with E-state index in [1.165, 1.54) is 360 Å². The molecule has 0 fully saturated rings. The van der Waals surface area contributed by atoms with Crippen LogP contribution in [0.25, 0.3) is 0 Å². The maximum Gasteiger partial charge on any atom is 0.305 e. The SMILES string of the molecule is CCCCC/C=C\CCCCCCCC(=O)OCCCCCCCCCCCCCCCCCCCCCCCCCCCCCCCC(=O)NC(CO)C(O)/C=C/CCCCCCCCCCCCCCCCCCCCCCCCC. The van der Waals surface area contributed by atoms with Gasteiger partial charge < -0.3 is 20.3 Å². The van der Waals surface area contributed by atoms with Crippen molar-refractivity contribution < 1.29 is 24.5 Å². The monoisotopic (exact) mass is 1170 g/mol. The number of hydrogen-bond donors (Lipinski definition) is 3. The number of aliphatic hydroxyl groups is 2. The molecule has 0 spiro atoms. The van der Waals surface area contributed by atoms with E-state index in [-0.39, 0.29) is 18.5 Å². The van der Waals surface area contributed by atoms with Crippen molar-refractivity contribution in [3.05, 3.63) is 24.3 Å². The molecule has 0 aromatic carbocycles. The van der Waals surface area contributed by atoms with Gasteiger partial charge in [0.05, 0.1) is 25.4 Å². The fraction of sp³-hybridized carbons (Fsp3) is 0.922. The van der Waals surface area contributed by atoms with Gasteiger partial charge in [0.1, 0.15) is 0 Å². The van der Waals surface area contributed by atoms with Gasteiger partial charge in [-0.2, -0.15) is 0 Å². The van der Waals surface area contributed by atoms with Crippen LogP contribution in [0.5, 0.6) is 0 Å². The van der Waals surface area contributed by atoms with Crippen LogP contribution in [-0.4, -0.2) is 47.4 Å². The quantitative estimate of drug-likeness (QED) is 0.0320. The molecule has 0 radical (unpaired) electrons. The Morgan fingerprint density at radius 3 is 0.880 bits per heavy atom. The van der Waals surface area contributed by atoms with Crippen molar-refractivity contribution in [1.29, 1.82) is 0 Å². The summed E-state index contributed by atoms with van der Waals surface area (Å²) in [5, 5.41) is 23.3. The third-order valence-electron chi connectivity index (χ3n) is 18.0. The molecule has 83 heavy (non-hydrogen) atoms. The number of rotatable bonds is 72. The van der Waals surface area contributed by atoms with E-state index in [1.54, 1.807) is 6.08 Å². The summed E-state index contributed by atoms with van der Waals surface area (Å²) in [6.07, 6.45) is 92.9. The zero-order chi connectivity index (χ0) is 59.9. The molecule has 0 aliphatic rings. The second-order valence-electron chi connectivity index (χ2n) is 26.3. The minimum absolute atomic E-state index is 0.00984. The lowest BCUT2D eigenvalue weighted by Gasteiger charge is -2.20. The smallest absolute Gasteiger partial charge is 0.305 e. The number of hydrogen-bond acceptors (Lipinski definition) is 5. The molecular formula is C77H149NO5. The van der Waals surface area contributed by atoms with Crippen LogP contribution in [0.15, 0.2) is 24.3 Å². The van der Waals surface area contributed by atoms with Crippen molar-refractivity contribution in [3.8, 4) is 0 Å². The molecule has 0 aliphatic carbocycles. The molecule has 2 unspecified atom stereocenters. The molecule has 0 saturated heterocycles. The van der Waals surface area contributed by atoms with Gasteiger partial charge in [-0.05, 0) is 57.8 Å². The molecule has 0 rings (SSSR count). The highest BCUT2D eigenvalue weighted by Crippen LogP contribution is 2.20. The van der Waals surface area contributed by atoms with Crippen molar-refractivity contribution in [3.63, 3.8) is 0 Å². The minimum atomic E-state index is -0.843. The normalized spacial score (nSPS) is 12.6. The number of unbranched alkanes of at least 4 members (excludes halogenated alkanes) is 59. The van der Waals surface area contributed by atoms with Crippen molar-refractivity contribution in [2.75, 3.05) is 13.2 Å². The number of nitrogens with one attached hydrogen (secondary N) is 1. The third-order valence-corrected chi connectivity index (χ3v) is 18.0. The van der Waals surface area contributed by atoms with E-state index in [9.17, 15) is 19.8 Å². The molecule has 1 amide bonds. The lowest BCUT2D eigenvalue weighted by Crippen LogP contribution is -2.45. The molecule has 0 aromatic rings. The summed E-state index contributed by atoms with van der Waals surface area (Å²) in [7, 11) is 0. The Morgan fingerprint density at radius 2 is 0.566 bits per heavy atom. The predicted molar refractivity (Wildman–Crippen MR) is 366 cm³/mol. The summed E-state index contributed by atoms with van der Waals surface area (Å²) in [6, 6.07) is -0.626. The number of amides is 1. The predicted octanol–water partition coefficient (Wildman–Crippen LogP) is 24.9. The molecule has 6 nitrogen and oxygen atoms in total. The first-order valence-corrected chi connectivity index (χ1v) is 38.1. The number of esters is 1. The van der Waals surface area contributed by atoms with Crippen LogP contribution >= 0.6 is 0 Å². The van der Waals surface area contributed by atoms with Crippen LogP contribution in [0.2, 0.25) is 0 Å². The maximum absolute atomic E-state index is 12.6. The topological polar surface area (TPSA) is 95.9 Å². The van der Waals surface area contributed by atoms with Gasteiger partial charge in [-0.15, -0.1) is 0 Å². The molecule has 0 aliphatic heterocycles. The molecule has 6 heteroatoms. The first-order chi connectivity index (χ1) is 41.0. The molecule has 3 N–H and O–H groups in total. The molecular weight excluding hydrogens is 1020 g/mol. The highest BCUT2D eigenvalue weighted by molar-refractivity contribution is 5.76. The highest BCUT2D eigenvalue weighted by atomic mass is 16.5. The number of ether oxygens (including phenoxy) is 1. The van der Waals surface area contributed by atoms with Crippen molar-refractivity contribution in [2.24, 2.45) is 0 Å². The van der Waals surface area contributed by atoms with Crippen molar-refractivity contribution in [1.82, 2.24) is 5.32 Å². The molecule has 0 aromatic heterocycles. The fourth-order valence-electron chi connectivity index (χ4n) is 12.2. The van der Waals surface area contributed by atoms with E-state index in [1.807, 2.05) is 6.08 Å². The number of aliphatic hydroxyl groups excluding tert-OH is 2. The van der Waals surface area contributed by atoms with Crippen LogP contribution in [-0.2, 0) is 14.3 Å². The second-order valence-corrected chi connectivity index (χ2v) is 26.3. The van der Waals surface area contributed by atoms with E-state index in [0.717, 1.165) is 44.9 Å². The summed E-state index contributed by atoms with van der Waals surface area (Å²) < 4.78 is 5.48. The average molecular weight is 1170 g/mol. The van der Waals surface area contributed by atoms with E-state index in [0.29, 0.717) is 19.4 Å². The number of carbonyl (C=O) groups excluding carboxylic acids is 2. The Hall–Kier alpha value is -1.66. The van der Waals surface area contributed by atoms with Gasteiger partial charge in [0, 0.05) is 12.8 Å². The van der Waals surface area contributed by atoms with Gasteiger partial charge in [-0.3, -0.25) is 9.59 Å². The van der Waals surface area contributed by atoms with Gasteiger partial charge in [-0.1, -0.05) is 385 Å². The molecule has 0 saturated carbocycles. The van der Waals surface area contributed by atoms with Crippen LogP contribution in [0.3, 0.4) is 0 Å². The Labute approximate surface area is 520 Å². The standard InChI is InChI=1S/C77H149NO5/c1-3-5-7-9-11-13-15-17-18-19-20-21-22-28-31-34-37-40-43-46-49-53-57-61-65-69-75(80)74(73-79)78-76(81)70-66-62-58-54-50-47-44-41-38-35-32-29-26-24-23-25-27-30-33-36-39-42-45-48-52-56-60-64-68-72-83-77(82)71-67-63-59-55-51-16-14-12-10-8-6-4-2/h12,14,65,69,74-75,79-80H,3-11,13,15-64,66-68,70-73H2,1-2H3,(H,78,81)/b14-12-,69-65+. The van der Waals surface area contributed by atoms with Gasteiger partial charge in [0.15, 0.2) is 0 Å². The third kappa shape index (κ3) is 69.3. The number of allylic oxidation sites excluding steroid dienone is 3. The second kappa shape index (κ2) is 72.8. The van der Waals surface area contributed by atoms with Gasteiger partial charge in [-0.25, -0.2) is 0 Å². The van der Waals surface area contributed by atoms with Crippen molar-refractivity contribution in [2.45, 2.75) is 443 Å². The first-order valence-electron chi connectivity index (χ1n) is 38.1. The number of carbonyl (C=O) groups is 2. The first kappa shape index (κ1) is 81.3. The summed E-state index contributed by atoms with van der Waals surface area (Å²) in [5.41, 5.74) is 0. The largest absolute Gasteiger partial charge is 0.466 e. The van der Waals surface area contributed by atoms with E-state index in [4.69, 9.17) is 4.74 Å². The highest BCUT2D eigenvalue weighted by Gasteiger charge is 2.18. The Morgan fingerprint density at radius 1 is 0.325 bits per heavy atom. The molecule has 2 atom stereocenters. The summed E-state index contributed by atoms with van der Waals surface area (Å²) in [6.45, 7) is 4.93. The fourth-order valence-corrected chi connectivity index (χ4v) is 12.2. The Bertz CT molecular complexity index is 1300. The van der Waals surface area contributed by atoms with Crippen LogP contribution in [0.4, 0.5) is 0 Å². The molecule has 492 valence electrons. The zero-order valence-corrected chi connectivity index (χ0v) is 56.5. The Kier molecular flexibility index (Phi) is 71.4. The summed E-state index contributed by atoms with van der Waals surface area (Å²) in [5.74, 6) is -0.0494. The van der Waals surface area contributed by atoms with Crippen LogP contribution < -0.4 is 5.32 Å². The van der Waals surface area contributed by atoms with Gasteiger partial charge in [0.25, 0.3) is 0 Å². The molecule has 0 bridgehead atoms. The average Bonchev–Trinajstić information content (AvgIpc) is 3.49. The van der Waals surface area contributed by atoms with E-state index < -0.39 is 12.1 Å².